The first-order valence-electron chi connectivity index (χ1n) is 10.8. The van der Waals surface area contributed by atoms with E-state index in [1.807, 2.05) is 6.92 Å². The number of unbranched alkanes of at least 4 members (excludes halogenated alkanes) is 10. The van der Waals surface area contributed by atoms with Gasteiger partial charge in [0.05, 0.1) is 0 Å². The van der Waals surface area contributed by atoms with Gasteiger partial charge in [0.1, 0.15) is 0 Å². The zero-order valence-electron chi connectivity index (χ0n) is 18.8. The summed E-state index contributed by atoms with van der Waals surface area (Å²) in [6, 6.07) is 0. The maximum atomic E-state index is 10.9. The van der Waals surface area contributed by atoms with E-state index in [9.17, 15) is 9.90 Å². The van der Waals surface area contributed by atoms with Crippen LogP contribution in [0.1, 0.15) is 110 Å². The Morgan fingerprint density at radius 2 is 1.21 bits per heavy atom. The summed E-state index contributed by atoms with van der Waals surface area (Å²) in [5.41, 5.74) is 0. The zero-order valence-corrected chi connectivity index (χ0v) is 21.6. The van der Waals surface area contributed by atoms with Crippen molar-refractivity contribution in [2.75, 3.05) is 0 Å². The SMILES string of the molecule is CCCCCCCCC=CCCCCCCC(CCC)C(=O)[O-].O=S(=O)(O)O.[Na+]. The Morgan fingerprint density at radius 3 is 1.62 bits per heavy atom. The van der Waals surface area contributed by atoms with Gasteiger partial charge in [-0.25, -0.2) is 0 Å². The van der Waals surface area contributed by atoms with Crippen LogP contribution in [0.2, 0.25) is 0 Å². The van der Waals surface area contributed by atoms with Crippen LogP contribution in [-0.2, 0) is 15.2 Å². The summed E-state index contributed by atoms with van der Waals surface area (Å²) in [5, 5.41) is 10.9. The van der Waals surface area contributed by atoms with Gasteiger partial charge in [-0.3, -0.25) is 9.11 Å². The molecule has 0 aliphatic heterocycles. The van der Waals surface area contributed by atoms with Crippen LogP contribution in [-0.4, -0.2) is 23.5 Å². The normalized spacial score (nSPS) is 12.1. The number of rotatable bonds is 17. The molecular weight excluding hydrogens is 403 g/mol. The zero-order chi connectivity index (χ0) is 21.7. The summed E-state index contributed by atoms with van der Waals surface area (Å²) >= 11 is 0. The molecule has 29 heavy (non-hydrogen) atoms. The standard InChI is InChI=1S/C21H40O2.Na.H2O4S/c1-3-5-6-7-8-9-10-11-12-13-14-15-16-17-19-20(18-4-2)21(22)23;;1-5(2,3)4/h11-12,20H,3-10,13-19H2,1-2H3,(H,22,23);;(H2,1,2,3,4)/q;+1;/p-1. The number of allylic oxidation sites excluding steroid dienone is 2. The molecule has 0 radical (unpaired) electrons. The molecule has 6 nitrogen and oxygen atoms in total. The van der Waals surface area contributed by atoms with Crippen molar-refractivity contribution < 1.29 is 57.0 Å². The molecule has 0 saturated carbocycles. The molecule has 0 aromatic heterocycles. The molecule has 8 heteroatoms. The molecule has 0 aliphatic rings. The molecule has 0 aromatic carbocycles. The van der Waals surface area contributed by atoms with E-state index in [2.05, 4.69) is 19.1 Å². The van der Waals surface area contributed by atoms with Gasteiger partial charge in [0.2, 0.25) is 0 Å². The van der Waals surface area contributed by atoms with Crippen molar-refractivity contribution in [2.24, 2.45) is 5.92 Å². The third kappa shape index (κ3) is 35.9. The quantitative estimate of drug-likeness (QED) is 0.154. The van der Waals surface area contributed by atoms with Crippen LogP contribution in [0, 0.1) is 5.92 Å². The molecule has 0 heterocycles. The minimum absolute atomic E-state index is 0. The van der Waals surface area contributed by atoms with Gasteiger partial charge in [-0.1, -0.05) is 83.8 Å². The van der Waals surface area contributed by atoms with Crippen molar-refractivity contribution in [3.63, 3.8) is 0 Å². The van der Waals surface area contributed by atoms with Crippen LogP contribution < -0.4 is 34.7 Å². The predicted molar refractivity (Wildman–Crippen MR) is 112 cm³/mol. The number of carboxylic acid groups (broad SMARTS) is 1. The molecule has 0 spiro atoms. The summed E-state index contributed by atoms with van der Waals surface area (Å²) < 4.78 is 31.6. The second kappa shape index (κ2) is 24.4. The van der Waals surface area contributed by atoms with Crippen molar-refractivity contribution in [3.8, 4) is 0 Å². The topological polar surface area (TPSA) is 115 Å². The van der Waals surface area contributed by atoms with Crippen molar-refractivity contribution in [1.29, 1.82) is 0 Å². The number of carboxylic acids is 1. The van der Waals surface area contributed by atoms with Gasteiger partial charge in [0, 0.05) is 5.97 Å². The summed E-state index contributed by atoms with van der Waals surface area (Å²) in [6.45, 7) is 4.29. The van der Waals surface area contributed by atoms with Crippen LogP contribution in [0.15, 0.2) is 12.2 Å². The van der Waals surface area contributed by atoms with Gasteiger partial charge in [-0.2, -0.15) is 8.42 Å². The minimum atomic E-state index is -4.67. The summed E-state index contributed by atoms with van der Waals surface area (Å²) in [7, 11) is -4.67. The van der Waals surface area contributed by atoms with Crippen LogP contribution in [0.5, 0.6) is 0 Å². The largest absolute Gasteiger partial charge is 1.00 e. The monoisotopic (exact) mass is 444 g/mol. The Labute approximate surface area is 200 Å². The first kappa shape index (κ1) is 33.7. The molecular formula is C21H41NaO6S. The maximum absolute atomic E-state index is 10.9. The van der Waals surface area contributed by atoms with Gasteiger partial charge >= 0.3 is 40.0 Å². The van der Waals surface area contributed by atoms with E-state index in [0.717, 1.165) is 32.1 Å². The van der Waals surface area contributed by atoms with Gasteiger partial charge in [-0.15, -0.1) is 0 Å². The number of hydrogen-bond donors (Lipinski definition) is 2. The smallest absolute Gasteiger partial charge is 0.550 e. The van der Waals surface area contributed by atoms with Crippen molar-refractivity contribution in [3.05, 3.63) is 12.2 Å². The van der Waals surface area contributed by atoms with E-state index in [0.29, 0.717) is 0 Å². The second-order valence-corrected chi connectivity index (χ2v) is 8.17. The Morgan fingerprint density at radius 1 is 0.793 bits per heavy atom. The molecule has 0 aliphatic carbocycles. The van der Waals surface area contributed by atoms with Crippen LogP contribution >= 0.6 is 0 Å². The molecule has 168 valence electrons. The van der Waals surface area contributed by atoms with Crippen molar-refractivity contribution in [2.45, 2.75) is 110 Å². The van der Waals surface area contributed by atoms with Gasteiger partial charge in [0.25, 0.3) is 0 Å². The first-order chi connectivity index (χ1) is 13.2. The number of carbonyl (C=O) groups is 1. The second-order valence-electron chi connectivity index (χ2n) is 7.27. The number of carbonyl (C=O) groups excluding carboxylic acids is 1. The average molecular weight is 445 g/mol. The molecule has 1 atom stereocenters. The molecule has 0 aromatic rings. The summed E-state index contributed by atoms with van der Waals surface area (Å²) in [4.78, 5) is 10.9. The molecule has 0 amide bonds. The molecule has 2 N–H and O–H groups in total. The first-order valence-corrected chi connectivity index (χ1v) is 12.2. The summed E-state index contributed by atoms with van der Waals surface area (Å²) in [5.74, 6) is -1.08. The minimum Gasteiger partial charge on any atom is -0.550 e. The number of hydrogen-bond acceptors (Lipinski definition) is 4. The Hall–Kier alpha value is 0.0800. The average Bonchev–Trinajstić information content (AvgIpc) is 2.59. The molecule has 0 bridgehead atoms. The predicted octanol–water partition coefficient (Wildman–Crippen LogP) is 2.15. The Balaban J connectivity index is -0.000000997. The van der Waals surface area contributed by atoms with Crippen LogP contribution in [0.25, 0.3) is 0 Å². The van der Waals surface area contributed by atoms with Crippen LogP contribution in [0.4, 0.5) is 0 Å². The van der Waals surface area contributed by atoms with E-state index in [-0.39, 0.29) is 35.5 Å². The maximum Gasteiger partial charge on any atom is 1.00 e. The fourth-order valence-corrected chi connectivity index (χ4v) is 3.01. The van der Waals surface area contributed by atoms with E-state index in [1.165, 1.54) is 64.2 Å². The van der Waals surface area contributed by atoms with E-state index in [1.54, 1.807) is 0 Å². The Kier molecular flexibility index (Phi) is 28.3. The third-order valence-electron chi connectivity index (χ3n) is 4.53. The van der Waals surface area contributed by atoms with Crippen LogP contribution in [0.3, 0.4) is 0 Å². The number of aliphatic carboxylic acids is 1. The van der Waals surface area contributed by atoms with Crippen molar-refractivity contribution in [1.82, 2.24) is 0 Å². The van der Waals surface area contributed by atoms with E-state index >= 15 is 0 Å². The Bertz CT molecular complexity index is 472. The van der Waals surface area contributed by atoms with Gasteiger partial charge in [-0.05, 0) is 44.4 Å². The summed E-state index contributed by atoms with van der Waals surface area (Å²) in [6.07, 6.45) is 22.4. The van der Waals surface area contributed by atoms with Crippen molar-refractivity contribution >= 4 is 16.4 Å². The fraction of sp³-hybridized carbons (Fsp3) is 0.857. The molecule has 0 saturated heterocycles. The molecule has 1 unspecified atom stereocenters. The van der Waals surface area contributed by atoms with Gasteiger partial charge in [0.15, 0.2) is 0 Å². The third-order valence-corrected chi connectivity index (χ3v) is 4.53. The van der Waals surface area contributed by atoms with E-state index < -0.39 is 16.4 Å². The molecule has 0 rings (SSSR count). The fourth-order valence-electron chi connectivity index (χ4n) is 3.01. The molecule has 0 fully saturated rings. The van der Waals surface area contributed by atoms with Gasteiger partial charge < -0.3 is 9.90 Å². The van der Waals surface area contributed by atoms with E-state index in [4.69, 9.17) is 17.5 Å².